The van der Waals surface area contributed by atoms with E-state index in [1.807, 2.05) is 0 Å². The lowest BCUT2D eigenvalue weighted by atomic mass is 9.62. The Hall–Kier alpha value is -2.61. The molecule has 0 amide bonds. The molecule has 2 nitrogen and oxygen atoms in total. The Balaban J connectivity index is 1.97. The van der Waals surface area contributed by atoms with Crippen molar-refractivity contribution in [3.05, 3.63) is 64.3 Å². The number of nitrogens with zero attached hydrogens (tertiary/aromatic N) is 1. The largest absolute Gasteiger partial charge is 0.455 e. The van der Waals surface area contributed by atoms with Crippen LogP contribution in [0.15, 0.2) is 40.9 Å². The number of pyridine rings is 1. The average Bonchev–Trinajstić information content (AvgIpc) is 3.06. The number of rotatable bonds is 1. The highest BCUT2D eigenvalue weighted by atomic mass is 16.3. The summed E-state index contributed by atoms with van der Waals surface area (Å²) in [6.07, 6.45) is 4.61. The molecule has 0 saturated carbocycles. The summed E-state index contributed by atoms with van der Waals surface area (Å²) in [6, 6.07) is 11.3. The number of hydrogen-bond donors (Lipinski definition) is 0. The molecule has 0 N–H and O–H groups in total. The molecule has 1 aliphatic carbocycles. The van der Waals surface area contributed by atoms with E-state index in [4.69, 9.17) is 4.42 Å². The van der Waals surface area contributed by atoms with Gasteiger partial charge in [0.2, 0.25) is 5.69 Å². The van der Waals surface area contributed by atoms with Gasteiger partial charge in [-0.2, -0.15) is 0 Å². The van der Waals surface area contributed by atoms with Gasteiger partial charge in [-0.1, -0.05) is 39.8 Å². The molecule has 0 spiro atoms. The summed E-state index contributed by atoms with van der Waals surface area (Å²) < 4.78 is 8.92. The van der Waals surface area contributed by atoms with Crippen LogP contribution < -0.4 is 4.57 Å². The zero-order valence-corrected chi connectivity index (χ0v) is 20.2. The molecule has 5 rings (SSSR count). The average molecular weight is 413 g/mol. The van der Waals surface area contributed by atoms with Crippen molar-refractivity contribution in [2.45, 2.75) is 72.1 Å². The van der Waals surface area contributed by atoms with Crippen LogP contribution in [0, 0.1) is 20.8 Å². The van der Waals surface area contributed by atoms with Crippen molar-refractivity contribution in [3.8, 4) is 11.3 Å². The molecule has 2 aromatic carbocycles. The van der Waals surface area contributed by atoms with Gasteiger partial charge in [0, 0.05) is 22.4 Å². The van der Waals surface area contributed by atoms with Crippen molar-refractivity contribution in [2.75, 3.05) is 0 Å². The fourth-order valence-corrected chi connectivity index (χ4v) is 5.87. The Morgan fingerprint density at radius 3 is 2.26 bits per heavy atom. The summed E-state index contributed by atoms with van der Waals surface area (Å²) in [4.78, 5) is 0. The molecule has 31 heavy (non-hydrogen) atoms. The first-order chi connectivity index (χ1) is 14.5. The lowest BCUT2D eigenvalue weighted by Gasteiger charge is -2.42. The van der Waals surface area contributed by atoms with E-state index in [1.54, 1.807) is 0 Å². The van der Waals surface area contributed by atoms with E-state index < -0.39 is 0 Å². The van der Waals surface area contributed by atoms with Crippen molar-refractivity contribution in [3.63, 3.8) is 0 Å². The van der Waals surface area contributed by atoms with Crippen LogP contribution in [0.3, 0.4) is 0 Å². The molecule has 0 bridgehead atoms. The third-order valence-corrected chi connectivity index (χ3v) is 7.62. The predicted octanol–water partition coefficient (Wildman–Crippen LogP) is 7.35. The van der Waals surface area contributed by atoms with Gasteiger partial charge in [0.25, 0.3) is 0 Å². The van der Waals surface area contributed by atoms with Gasteiger partial charge in [-0.3, -0.25) is 0 Å². The van der Waals surface area contributed by atoms with E-state index in [2.05, 4.69) is 96.6 Å². The number of benzene rings is 2. The van der Waals surface area contributed by atoms with Gasteiger partial charge in [0.05, 0.1) is 5.56 Å². The van der Waals surface area contributed by atoms with Gasteiger partial charge in [0.1, 0.15) is 18.2 Å². The van der Waals surface area contributed by atoms with Crippen LogP contribution in [0.25, 0.3) is 33.2 Å². The zero-order chi connectivity index (χ0) is 22.3. The highest BCUT2D eigenvalue weighted by Crippen LogP contribution is 2.51. The van der Waals surface area contributed by atoms with Crippen LogP contribution in [-0.4, -0.2) is 0 Å². The van der Waals surface area contributed by atoms with E-state index in [9.17, 15) is 0 Å². The van der Waals surface area contributed by atoms with Crippen LogP contribution in [0.1, 0.15) is 68.4 Å². The number of furan rings is 1. The van der Waals surface area contributed by atoms with Crippen LogP contribution in [-0.2, 0) is 17.9 Å². The summed E-state index contributed by atoms with van der Waals surface area (Å²) in [5, 5.41) is 2.62. The zero-order valence-electron chi connectivity index (χ0n) is 20.2. The Morgan fingerprint density at radius 1 is 0.839 bits per heavy atom. The highest BCUT2D eigenvalue weighted by Gasteiger charge is 2.39. The lowest BCUT2D eigenvalue weighted by molar-refractivity contribution is -0.660. The Kier molecular flexibility index (Phi) is 4.22. The summed E-state index contributed by atoms with van der Waals surface area (Å²) in [5.74, 6) is 0. The van der Waals surface area contributed by atoms with Gasteiger partial charge in [-0.25, -0.2) is 4.57 Å². The SMILES string of the molecule is Cc1ccc(-c2c(C)cc(C)c3c2oc2ccc4c(c23)C(C)(C)CCC4(C)C)[n+](C)c1. The molecule has 0 unspecified atom stereocenters. The molecule has 0 aliphatic heterocycles. The van der Waals surface area contributed by atoms with Crippen LogP contribution in [0.4, 0.5) is 0 Å². The second kappa shape index (κ2) is 6.45. The Labute approximate surface area is 185 Å². The van der Waals surface area contributed by atoms with Crippen molar-refractivity contribution < 1.29 is 8.98 Å². The van der Waals surface area contributed by atoms with Gasteiger partial charge in [0.15, 0.2) is 6.20 Å². The first kappa shape index (κ1) is 20.3. The Morgan fingerprint density at radius 2 is 1.55 bits per heavy atom. The maximum Gasteiger partial charge on any atom is 0.216 e. The van der Waals surface area contributed by atoms with Crippen molar-refractivity contribution >= 4 is 21.9 Å². The van der Waals surface area contributed by atoms with Crippen LogP contribution >= 0.6 is 0 Å². The molecule has 4 aromatic rings. The van der Waals surface area contributed by atoms with Crippen LogP contribution in [0.2, 0.25) is 0 Å². The van der Waals surface area contributed by atoms with Gasteiger partial charge < -0.3 is 4.42 Å². The fourth-order valence-electron chi connectivity index (χ4n) is 5.87. The normalized spacial score (nSPS) is 17.3. The monoisotopic (exact) mass is 412 g/mol. The molecular formula is C29H34NO+. The van der Waals surface area contributed by atoms with Crippen molar-refractivity contribution in [1.82, 2.24) is 0 Å². The van der Waals surface area contributed by atoms with Gasteiger partial charge in [-0.05, 0) is 78.8 Å². The maximum absolute atomic E-state index is 6.70. The fraction of sp³-hybridized carbons (Fsp3) is 0.414. The number of aryl methyl sites for hydroxylation is 4. The summed E-state index contributed by atoms with van der Waals surface area (Å²) >= 11 is 0. The van der Waals surface area contributed by atoms with E-state index in [-0.39, 0.29) is 10.8 Å². The van der Waals surface area contributed by atoms with Gasteiger partial charge in [-0.15, -0.1) is 0 Å². The van der Waals surface area contributed by atoms with Gasteiger partial charge >= 0.3 is 0 Å². The van der Waals surface area contributed by atoms with E-state index in [0.717, 1.165) is 11.2 Å². The number of fused-ring (bicyclic) bond motifs is 5. The molecule has 2 aromatic heterocycles. The summed E-state index contributed by atoms with van der Waals surface area (Å²) in [7, 11) is 2.13. The van der Waals surface area contributed by atoms with Crippen molar-refractivity contribution in [2.24, 2.45) is 7.05 Å². The number of hydrogen-bond acceptors (Lipinski definition) is 1. The predicted molar refractivity (Wildman–Crippen MR) is 130 cm³/mol. The summed E-state index contributed by atoms with van der Waals surface area (Å²) in [6.45, 7) is 16.2. The minimum Gasteiger partial charge on any atom is -0.455 e. The number of aromatic nitrogens is 1. The smallest absolute Gasteiger partial charge is 0.216 e. The first-order valence-corrected chi connectivity index (χ1v) is 11.5. The second-order valence-electron chi connectivity index (χ2n) is 11.0. The highest BCUT2D eigenvalue weighted by molar-refractivity contribution is 6.13. The van der Waals surface area contributed by atoms with Crippen LogP contribution in [0.5, 0.6) is 0 Å². The molecule has 2 heterocycles. The molecule has 160 valence electrons. The first-order valence-electron chi connectivity index (χ1n) is 11.5. The molecule has 0 fully saturated rings. The minimum atomic E-state index is 0.132. The molecule has 0 radical (unpaired) electrons. The van der Waals surface area contributed by atoms with E-state index in [0.29, 0.717) is 0 Å². The topological polar surface area (TPSA) is 17.0 Å². The molecule has 1 aliphatic rings. The summed E-state index contributed by atoms with van der Waals surface area (Å²) in [5.41, 5.74) is 11.6. The molecule has 0 saturated heterocycles. The molecular weight excluding hydrogens is 378 g/mol. The third-order valence-electron chi connectivity index (χ3n) is 7.62. The molecule has 0 atom stereocenters. The molecule has 2 heteroatoms. The quantitative estimate of drug-likeness (QED) is 0.299. The minimum absolute atomic E-state index is 0.132. The Bertz CT molecular complexity index is 1370. The maximum atomic E-state index is 6.70. The standard InChI is InChI=1S/C29H34NO/c1-17-9-11-21(30(8)16-17)23-18(2)15-19(3)24-25-22(31-27(23)24)12-10-20-26(25)29(6,7)14-13-28(20,4)5/h9-12,15-16H,13-14H2,1-8H3/q+1. The third kappa shape index (κ3) is 2.87. The van der Waals surface area contributed by atoms with E-state index in [1.165, 1.54) is 62.7 Å². The van der Waals surface area contributed by atoms with Crippen molar-refractivity contribution in [1.29, 1.82) is 0 Å². The van der Waals surface area contributed by atoms with E-state index >= 15 is 0 Å². The lowest BCUT2D eigenvalue weighted by Crippen LogP contribution is -2.33. The second-order valence-corrected chi connectivity index (χ2v) is 11.0.